The van der Waals surface area contributed by atoms with Gasteiger partial charge in [0.05, 0.1) is 0 Å². The second-order valence-corrected chi connectivity index (χ2v) is 9.77. The lowest BCUT2D eigenvalue weighted by Crippen LogP contribution is -2.23. The standard InChI is InChI=1S/C35H34N8/c1-6-10-22-30-36-28(16-8-3)38-32-24-18-11-12-19-25(24)33(42-32)39-29(17-9-4)37-31(23(5)15-7-2)41-35-27-21-14-13-20-26(27)34(40-30)43-35/h6-15,17-21,37H,3-4,16,22H2,1-2,5H3,(H,36,38,39,40,41,42,43)/b10-6-,15-7-,29-17-,31-23-. The van der Waals surface area contributed by atoms with E-state index in [2.05, 4.69) is 23.1 Å². The van der Waals surface area contributed by atoms with Gasteiger partial charge in [-0.3, -0.25) is 0 Å². The van der Waals surface area contributed by atoms with Crippen LogP contribution >= 0.6 is 0 Å². The maximum Gasteiger partial charge on any atom is 0.164 e. The van der Waals surface area contributed by atoms with Crippen LogP contribution in [0.5, 0.6) is 0 Å². The lowest BCUT2D eigenvalue weighted by molar-refractivity contribution is 0.919. The van der Waals surface area contributed by atoms with Gasteiger partial charge in [0.2, 0.25) is 0 Å². The molecule has 0 saturated carbocycles. The van der Waals surface area contributed by atoms with E-state index in [4.69, 9.17) is 29.9 Å². The minimum atomic E-state index is 0.441. The second kappa shape index (κ2) is 13.4. The van der Waals surface area contributed by atoms with Gasteiger partial charge in [-0.2, -0.15) is 0 Å². The Balaban J connectivity index is 2.06. The summed E-state index contributed by atoms with van der Waals surface area (Å²) in [5, 5.41) is 1.87. The number of aromatic nitrogens is 8. The number of hydrogen-bond acceptors (Lipinski definition) is 6. The van der Waals surface area contributed by atoms with Crippen molar-refractivity contribution in [1.82, 2.24) is 39.9 Å². The lowest BCUT2D eigenvalue weighted by atomic mass is 10.1. The van der Waals surface area contributed by atoms with Gasteiger partial charge in [0.25, 0.3) is 0 Å². The van der Waals surface area contributed by atoms with E-state index in [1.54, 1.807) is 18.2 Å². The van der Waals surface area contributed by atoms with Gasteiger partial charge in [0.1, 0.15) is 33.9 Å². The summed E-state index contributed by atoms with van der Waals surface area (Å²) in [6.07, 6.45) is 14.2. The van der Waals surface area contributed by atoms with E-state index < -0.39 is 0 Å². The van der Waals surface area contributed by atoms with Crippen molar-refractivity contribution in [2.75, 3.05) is 0 Å². The Morgan fingerprint density at radius 2 is 1.37 bits per heavy atom. The zero-order chi connectivity index (χ0) is 30.2. The molecule has 4 aromatic rings. The Labute approximate surface area is 250 Å². The normalized spacial score (nSPS) is 12.8. The number of nitrogens with zero attached hydrogens (tertiary/aromatic N) is 6. The first kappa shape index (κ1) is 29.0. The molecule has 1 aliphatic heterocycles. The molecule has 2 N–H and O–H groups in total. The molecule has 5 rings (SSSR count). The van der Waals surface area contributed by atoms with Crippen LogP contribution in [0.25, 0.3) is 56.5 Å². The van der Waals surface area contributed by atoms with E-state index >= 15 is 0 Å². The number of nitrogens with one attached hydrogen (secondary N) is 2. The van der Waals surface area contributed by atoms with Crippen LogP contribution < -0.4 is 11.0 Å². The number of rotatable bonds is 6. The van der Waals surface area contributed by atoms with Crippen molar-refractivity contribution in [2.24, 2.45) is 0 Å². The molecular formula is C35H34N8. The van der Waals surface area contributed by atoms with Crippen LogP contribution in [0.2, 0.25) is 0 Å². The Morgan fingerprint density at radius 1 is 0.721 bits per heavy atom. The van der Waals surface area contributed by atoms with Gasteiger partial charge >= 0.3 is 0 Å². The Bertz CT molecular complexity index is 2060. The molecule has 8 nitrogen and oxygen atoms in total. The number of allylic oxidation sites excluding steroid dienone is 6. The second-order valence-electron chi connectivity index (χ2n) is 9.77. The minimum absolute atomic E-state index is 0.441. The third-order valence-electron chi connectivity index (χ3n) is 6.65. The highest BCUT2D eigenvalue weighted by Crippen LogP contribution is 2.32. The van der Waals surface area contributed by atoms with Crippen LogP contribution in [-0.4, -0.2) is 39.9 Å². The van der Waals surface area contributed by atoms with Crippen molar-refractivity contribution < 1.29 is 0 Å². The van der Waals surface area contributed by atoms with E-state index in [0.717, 1.165) is 27.5 Å². The molecule has 0 fully saturated rings. The molecule has 4 bridgehead atoms. The van der Waals surface area contributed by atoms with Crippen LogP contribution in [0.4, 0.5) is 0 Å². The zero-order valence-corrected chi connectivity index (χ0v) is 24.7. The van der Waals surface area contributed by atoms with Gasteiger partial charge in [-0.25, -0.2) is 29.9 Å². The van der Waals surface area contributed by atoms with E-state index in [9.17, 15) is 0 Å². The number of hydrogen-bond donors (Lipinski definition) is 2. The first-order valence-electron chi connectivity index (χ1n) is 14.2. The number of aromatic amines is 2. The van der Waals surface area contributed by atoms with Crippen molar-refractivity contribution in [1.29, 1.82) is 0 Å². The van der Waals surface area contributed by atoms with E-state index in [1.807, 2.05) is 93.6 Å². The predicted octanol–water partition coefficient (Wildman–Crippen LogP) is 6.04. The summed E-state index contributed by atoms with van der Waals surface area (Å²) in [6, 6.07) is 15.9. The highest BCUT2D eigenvalue weighted by molar-refractivity contribution is 6.04. The van der Waals surface area contributed by atoms with Crippen LogP contribution in [0, 0.1) is 0 Å². The molecule has 8 heteroatoms. The number of H-pyrrole nitrogens is 2. The van der Waals surface area contributed by atoms with Crippen molar-refractivity contribution >= 4 is 33.7 Å². The van der Waals surface area contributed by atoms with Gasteiger partial charge in [-0.15, -0.1) is 6.58 Å². The highest BCUT2D eigenvalue weighted by Gasteiger charge is 2.18. The molecule has 0 saturated heterocycles. The molecule has 1 aliphatic rings. The van der Waals surface area contributed by atoms with Crippen LogP contribution in [0.3, 0.4) is 0 Å². The first-order valence-corrected chi connectivity index (χ1v) is 14.2. The van der Waals surface area contributed by atoms with E-state index in [0.29, 0.717) is 58.4 Å². The van der Waals surface area contributed by atoms with Crippen LogP contribution in [0.1, 0.15) is 32.4 Å². The molecule has 2 aromatic carbocycles. The summed E-state index contributed by atoms with van der Waals surface area (Å²) >= 11 is 0. The quantitative estimate of drug-likeness (QED) is 0.243. The molecule has 3 heterocycles. The molecule has 0 spiro atoms. The third-order valence-corrected chi connectivity index (χ3v) is 6.65. The molecule has 0 atom stereocenters. The molecular weight excluding hydrogens is 532 g/mol. The maximum atomic E-state index is 5.07. The summed E-state index contributed by atoms with van der Waals surface area (Å²) in [5.41, 5.74) is 5.13. The summed E-state index contributed by atoms with van der Waals surface area (Å²) in [6.45, 7) is 13.8. The van der Waals surface area contributed by atoms with Crippen molar-refractivity contribution in [3.63, 3.8) is 0 Å². The average Bonchev–Trinajstić information content (AvgIpc) is 3.53. The Morgan fingerprint density at radius 3 is 2.02 bits per heavy atom. The fraction of sp³-hybridized carbons (Fsp3) is 0.143. The Hall–Kier alpha value is -5.50. The summed E-state index contributed by atoms with van der Waals surface area (Å²) in [5.74, 6) is 2.20. The molecule has 0 aliphatic carbocycles. The highest BCUT2D eigenvalue weighted by atomic mass is 15.0. The lowest BCUT2D eigenvalue weighted by Gasteiger charge is -1.99. The largest absolute Gasteiger partial charge is 0.325 e. The topological polar surface area (TPSA) is 109 Å². The van der Waals surface area contributed by atoms with Crippen molar-refractivity contribution in [3.05, 3.63) is 121 Å². The van der Waals surface area contributed by atoms with Gasteiger partial charge in [0, 0.05) is 34.7 Å². The fourth-order valence-electron chi connectivity index (χ4n) is 4.68. The zero-order valence-electron chi connectivity index (χ0n) is 24.7. The maximum absolute atomic E-state index is 5.07. The number of fused-ring (bicyclic) bond motifs is 10. The van der Waals surface area contributed by atoms with Gasteiger partial charge in [-0.1, -0.05) is 91.6 Å². The van der Waals surface area contributed by atoms with Gasteiger partial charge < -0.3 is 9.97 Å². The van der Waals surface area contributed by atoms with Crippen molar-refractivity contribution in [2.45, 2.75) is 33.6 Å². The van der Waals surface area contributed by atoms with Gasteiger partial charge in [-0.05, 0) is 32.4 Å². The van der Waals surface area contributed by atoms with Crippen LogP contribution in [-0.2, 0) is 12.8 Å². The average molecular weight is 567 g/mol. The molecule has 0 radical (unpaired) electrons. The molecule has 0 unspecified atom stereocenters. The fourth-order valence-corrected chi connectivity index (χ4v) is 4.68. The minimum Gasteiger partial charge on any atom is -0.325 e. The first-order chi connectivity index (χ1) is 21.0. The van der Waals surface area contributed by atoms with E-state index in [-0.39, 0.29) is 0 Å². The SMILES string of the molecule is C=C/C=c1\nc2nc(nc(CC=C)nc(C/C=C\C)nc3[nH]c(n/c(=C(C)\C=C/C)[nH]1)c1ccccc31)-c1ccccc1-2. The summed E-state index contributed by atoms with van der Waals surface area (Å²) < 4.78 is 0. The summed E-state index contributed by atoms with van der Waals surface area (Å²) in [4.78, 5) is 36.6. The van der Waals surface area contributed by atoms with Crippen LogP contribution in [0.15, 0.2) is 98.1 Å². The predicted molar refractivity (Wildman–Crippen MR) is 176 cm³/mol. The molecule has 0 amide bonds. The third kappa shape index (κ3) is 6.54. The Kier molecular flexibility index (Phi) is 9.07. The van der Waals surface area contributed by atoms with Crippen molar-refractivity contribution in [3.8, 4) is 22.8 Å². The molecule has 2 aromatic heterocycles. The van der Waals surface area contributed by atoms with E-state index in [1.165, 1.54) is 0 Å². The molecule has 43 heavy (non-hydrogen) atoms. The number of benzene rings is 2. The smallest absolute Gasteiger partial charge is 0.164 e. The monoisotopic (exact) mass is 566 g/mol. The summed E-state index contributed by atoms with van der Waals surface area (Å²) in [7, 11) is 0. The molecule has 214 valence electrons. The van der Waals surface area contributed by atoms with Gasteiger partial charge in [0.15, 0.2) is 11.6 Å².